The quantitative estimate of drug-likeness (QED) is 0.786. The van der Waals surface area contributed by atoms with E-state index in [1.165, 1.54) is 25.1 Å². The van der Waals surface area contributed by atoms with Crippen molar-refractivity contribution >= 4 is 23.5 Å². The van der Waals surface area contributed by atoms with Crippen LogP contribution in [0.5, 0.6) is 0 Å². The Hall–Kier alpha value is -3.22. The van der Waals surface area contributed by atoms with Gasteiger partial charge < -0.3 is 15.4 Å². The van der Waals surface area contributed by atoms with Crippen molar-refractivity contribution in [3.8, 4) is 0 Å². The smallest absolute Gasteiger partial charge is 0.328 e. The number of carbonyl (C=O) groups is 3. The van der Waals surface area contributed by atoms with E-state index in [0.29, 0.717) is 5.56 Å². The first-order chi connectivity index (χ1) is 12.0. The number of rotatable bonds is 6. The average molecular weight is 344 g/mol. The van der Waals surface area contributed by atoms with Gasteiger partial charge in [0.2, 0.25) is 0 Å². The highest BCUT2D eigenvalue weighted by Gasteiger charge is 2.19. The standard InChI is InChI=1S/C18H17FN2O4/c1-12(20-17(23)13-7-3-2-4-8-13)18(24)25-11-16(22)21-15-10-6-5-9-14(15)19/h2-10,12H,11H2,1H3,(H,20,23)(H,21,22)/t12-/m1/s1. The van der Waals surface area contributed by atoms with E-state index in [9.17, 15) is 18.8 Å². The van der Waals surface area contributed by atoms with Crippen molar-refractivity contribution in [1.29, 1.82) is 0 Å². The molecule has 2 aromatic rings. The molecule has 0 aromatic heterocycles. The topological polar surface area (TPSA) is 84.5 Å². The average Bonchev–Trinajstić information content (AvgIpc) is 2.62. The van der Waals surface area contributed by atoms with Gasteiger partial charge in [-0.3, -0.25) is 9.59 Å². The van der Waals surface area contributed by atoms with Crippen LogP contribution in [0.1, 0.15) is 17.3 Å². The molecule has 2 N–H and O–H groups in total. The van der Waals surface area contributed by atoms with Crippen molar-refractivity contribution in [3.63, 3.8) is 0 Å². The van der Waals surface area contributed by atoms with E-state index in [4.69, 9.17) is 4.74 Å². The molecule has 0 saturated carbocycles. The molecule has 2 rings (SSSR count). The van der Waals surface area contributed by atoms with E-state index in [1.807, 2.05) is 0 Å². The van der Waals surface area contributed by atoms with Crippen molar-refractivity contribution in [2.45, 2.75) is 13.0 Å². The molecule has 2 amide bonds. The van der Waals surface area contributed by atoms with Gasteiger partial charge in [0.05, 0.1) is 5.69 Å². The second-order valence-corrected chi connectivity index (χ2v) is 5.20. The molecule has 0 unspecified atom stereocenters. The Labute approximate surface area is 144 Å². The zero-order valence-electron chi connectivity index (χ0n) is 13.5. The number of hydrogen-bond acceptors (Lipinski definition) is 4. The van der Waals surface area contributed by atoms with Crippen molar-refractivity contribution in [1.82, 2.24) is 5.32 Å². The van der Waals surface area contributed by atoms with Gasteiger partial charge in [0.15, 0.2) is 6.61 Å². The van der Waals surface area contributed by atoms with Crippen molar-refractivity contribution in [2.75, 3.05) is 11.9 Å². The number of para-hydroxylation sites is 1. The van der Waals surface area contributed by atoms with E-state index in [-0.39, 0.29) is 5.69 Å². The van der Waals surface area contributed by atoms with Crippen LogP contribution in [-0.2, 0) is 14.3 Å². The molecule has 25 heavy (non-hydrogen) atoms. The van der Waals surface area contributed by atoms with Gasteiger partial charge in [0.1, 0.15) is 11.9 Å². The van der Waals surface area contributed by atoms with Gasteiger partial charge in [-0.05, 0) is 31.2 Å². The number of carbonyl (C=O) groups excluding carboxylic acids is 3. The Morgan fingerprint density at radius 2 is 1.68 bits per heavy atom. The summed E-state index contributed by atoms with van der Waals surface area (Å²) in [5.74, 6) is -2.47. The fourth-order valence-electron chi connectivity index (χ4n) is 1.94. The Morgan fingerprint density at radius 3 is 2.36 bits per heavy atom. The van der Waals surface area contributed by atoms with Crippen molar-refractivity contribution in [2.24, 2.45) is 0 Å². The van der Waals surface area contributed by atoms with E-state index < -0.39 is 36.2 Å². The number of esters is 1. The summed E-state index contributed by atoms with van der Waals surface area (Å²) in [4.78, 5) is 35.5. The molecule has 0 aliphatic carbocycles. The van der Waals surface area contributed by atoms with Crippen LogP contribution in [0.3, 0.4) is 0 Å². The summed E-state index contributed by atoms with van der Waals surface area (Å²) >= 11 is 0. The first kappa shape index (κ1) is 18.1. The van der Waals surface area contributed by atoms with Crippen LogP contribution in [0.4, 0.5) is 10.1 Å². The molecule has 6 nitrogen and oxygen atoms in total. The molecule has 1 atom stereocenters. The van der Waals surface area contributed by atoms with Gasteiger partial charge in [-0.25, -0.2) is 9.18 Å². The molecule has 0 spiro atoms. The maximum absolute atomic E-state index is 13.4. The third-order valence-electron chi connectivity index (χ3n) is 3.23. The van der Waals surface area contributed by atoms with Crippen LogP contribution >= 0.6 is 0 Å². The van der Waals surface area contributed by atoms with Gasteiger partial charge in [-0.1, -0.05) is 30.3 Å². The van der Waals surface area contributed by atoms with Crippen LogP contribution in [-0.4, -0.2) is 30.4 Å². The minimum atomic E-state index is -0.936. The van der Waals surface area contributed by atoms with E-state index in [2.05, 4.69) is 10.6 Å². The predicted octanol–water partition coefficient (Wildman–Crippen LogP) is 2.13. The highest BCUT2D eigenvalue weighted by Crippen LogP contribution is 2.12. The summed E-state index contributed by atoms with van der Waals surface area (Å²) in [7, 11) is 0. The zero-order chi connectivity index (χ0) is 18.2. The molecule has 0 fully saturated rings. The van der Waals surface area contributed by atoms with Gasteiger partial charge in [0.25, 0.3) is 11.8 Å². The van der Waals surface area contributed by atoms with Crippen LogP contribution in [0.15, 0.2) is 54.6 Å². The summed E-state index contributed by atoms with van der Waals surface area (Å²) in [6.45, 7) is 0.858. The van der Waals surface area contributed by atoms with E-state index >= 15 is 0 Å². The number of ether oxygens (including phenoxy) is 1. The lowest BCUT2D eigenvalue weighted by atomic mass is 10.2. The summed E-state index contributed by atoms with van der Waals surface area (Å²) in [5.41, 5.74) is 0.397. The highest BCUT2D eigenvalue weighted by molar-refractivity contribution is 5.97. The Bertz CT molecular complexity index is 765. The number of hydrogen-bond donors (Lipinski definition) is 2. The van der Waals surface area contributed by atoms with Crippen LogP contribution in [0, 0.1) is 5.82 Å². The molecule has 7 heteroatoms. The Morgan fingerprint density at radius 1 is 1.04 bits per heavy atom. The number of halogens is 1. The monoisotopic (exact) mass is 344 g/mol. The van der Waals surface area contributed by atoms with Crippen LogP contribution in [0.2, 0.25) is 0 Å². The second kappa shape index (κ2) is 8.58. The third-order valence-corrected chi connectivity index (χ3v) is 3.23. The second-order valence-electron chi connectivity index (χ2n) is 5.20. The molecular weight excluding hydrogens is 327 g/mol. The third kappa shape index (κ3) is 5.42. The highest BCUT2D eigenvalue weighted by atomic mass is 19.1. The molecule has 2 aromatic carbocycles. The van der Waals surface area contributed by atoms with Crippen molar-refractivity contribution < 1.29 is 23.5 Å². The summed E-state index contributed by atoms with van der Waals surface area (Å²) in [6, 6.07) is 13.1. The van der Waals surface area contributed by atoms with Crippen LogP contribution in [0.25, 0.3) is 0 Å². The molecule has 130 valence electrons. The molecule has 0 bridgehead atoms. The summed E-state index contributed by atoms with van der Waals surface area (Å²) in [5, 5.41) is 4.77. The fraction of sp³-hybridized carbons (Fsp3) is 0.167. The van der Waals surface area contributed by atoms with E-state index in [0.717, 1.165) is 0 Å². The van der Waals surface area contributed by atoms with E-state index in [1.54, 1.807) is 36.4 Å². The fourth-order valence-corrected chi connectivity index (χ4v) is 1.94. The van der Waals surface area contributed by atoms with Gasteiger partial charge in [0, 0.05) is 5.56 Å². The first-order valence-corrected chi connectivity index (χ1v) is 7.54. The predicted molar refractivity (Wildman–Crippen MR) is 89.4 cm³/mol. The normalized spacial score (nSPS) is 11.3. The number of amides is 2. The maximum atomic E-state index is 13.4. The number of anilines is 1. The molecule has 0 heterocycles. The van der Waals surface area contributed by atoms with Gasteiger partial charge in [-0.15, -0.1) is 0 Å². The summed E-state index contributed by atoms with van der Waals surface area (Å²) < 4.78 is 18.2. The molecule has 0 aliphatic heterocycles. The Kier molecular flexibility index (Phi) is 6.22. The molecule has 0 saturated heterocycles. The number of nitrogens with one attached hydrogen (secondary N) is 2. The lowest BCUT2D eigenvalue weighted by Gasteiger charge is -2.13. The van der Waals surface area contributed by atoms with Crippen LogP contribution < -0.4 is 10.6 Å². The van der Waals surface area contributed by atoms with Gasteiger partial charge in [-0.2, -0.15) is 0 Å². The van der Waals surface area contributed by atoms with Gasteiger partial charge >= 0.3 is 5.97 Å². The SMILES string of the molecule is C[C@@H](NC(=O)c1ccccc1)C(=O)OCC(=O)Nc1ccccc1F. The lowest BCUT2D eigenvalue weighted by Crippen LogP contribution is -2.40. The van der Waals surface area contributed by atoms with Crippen molar-refractivity contribution in [3.05, 3.63) is 66.0 Å². The molecule has 0 aliphatic rings. The molecule has 0 radical (unpaired) electrons. The minimum absolute atomic E-state index is 0.00558. The maximum Gasteiger partial charge on any atom is 0.328 e. The lowest BCUT2D eigenvalue weighted by molar-refractivity contribution is -0.148. The largest absolute Gasteiger partial charge is 0.454 e. The summed E-state index contributed by atoms with van der Waals surface area (Å²) in [6.07, 6.45) is 0. The molecular formula is C18H17FN2O4. The Balaban J connectivity index is 1.80. The zero-order valence-corrected chi connectivity index (χ0v) is 13.5. The minimum Gasteiger partial charge on any atom is -0.454 e. The number of benzene rings is 2. The first-order valence-electron chi connectivity index (χ1n) is 7.54.